The van der Waals surface area contributed by atoms with Crippen LogP contribution in [0.25, 0.3) is 10.9 Å². The van der Waals surface area contributed by atoms with Crippen molar-refractivity contribution in [1.82, 2.24) is 14.5 Å². The summed E-state index contributed by atoms with van der Waals surface area (Å²) in [5.41, 5.74) is 2.40. The maximum absolute atomic E-state index is 12.3. The van der Waals surface area contributed by atoms with E-state index >= 15 is 0 Å². The molecule has 96 valence electrons. The van der Waals surface area contributed by atoms with E-state index in [9.17, 15) is 4.79 Å². The number of H-pyrrole nitrogens is 1. The number of ether oxygens (including phenoxy) is 1. The molecule has 3 aromatic rings. The number of imidazole rings is 1. The second-order valence-corrected chi connectivity index (χ2v) is 4.31. The minimum absolute atomic E-state index is 0.120. The number of nitrogens with zero attached hydrogens (tertiary/aromatic N) is 2. The van der Waals surface area contributed by atoms with Crippen molar-refractivity contribution in [2.24, 2.45) is 0 Å². The van der Waals surface area contributed by atoms with Gasteiger partial charge in [0.1, 0.15) is 17.8 Å². The van der Waals surface area contributed by atoms with Crippen LogP contribution >= 0.6 is 0 Å². The minimum atomic E-state index is -0.120. The summed E-state index contributed by atoms with van der Waals surface area (Å²) in [6.07, 6.45) is 4.71. The summed E-state index contributed by atoms with van der Waals surface area (Å²) in [7, 11) is 1.63. The van der Waals surface area contributed by atoms with Crippen LogP contribution in [0.3, 0.4) is 0 Å². The Morgan fingerprint density at radius 1 is 1.42 bits per heavy atom. The standard InChI is InChI=1S/C14H13N3O2/c1-9-11-7-10(19-2)3-4-12(11)16-13(9)14(18)17-6-5-15-8-17/h3-8,16H,1-2H3. The van der Waals surface area contributed by atoms with Gasteiger partial charge in [-0.15, -0.1) is 0 Å². The lowest BCUT2D eigenvalue weighted by Gasteiger charge is -2.00. The van der Waals surface area contributed by atoms with E-state index < -0.39 is 0 Å². The molecule has 0 saturated heterocycles. The first kappa shape index (κ1) is 11.5. The van der Waals surface area contributed by atoms with E-state index in [-0.39, 0.29) is 5.91 Å². The quantitative estimate of drug-likeness (QED) is 0.764. The van der Waals surface area contributed by atoms with Crippen LogP contribution in [-0.2, 0) is 0 Å². The molecule has 3 rings (SSSR count). The molecular formula is C14H13N3O2. The highest BCUT2D eigenvalue weighted by Gasteiger charge is 2.16. The fourth-order valence-electron chi connectivity index (χ4n) is 2.15. The van der Waals surface area contributed by atoms with Crippen LogP contribution < -0.4 is 4.74 Å². The van der Waals surface area contributed by atoms with Gasteiger partial charge in [0.25, 0.3) is 5.91 Å². The van der Waals surface area contributed by atoms with Crippen LogP contribution in [0, 0.1) is 6.92 Å². The van der Waals surface area contributed by atoms with Crippen molar-refractivity contribution in [2.75, 3.05) is 7.11 Å². The molecule has 1 aromatic carbocycles. The van der Waals surface area contributed by atoms with Gasteiger partial charge in [0, 0.05) is 23.3 Å². The molecule has 0 aliphatic carbocycles. The van der Waals surface area contributed by atoms with Crippen LogP contribution in [0.2, 0.25) is 0 Å². The van der Waals surface area contributed by atoms with Gasteiger partial charge in [-0.1, -0.05) is 0 Å². The van der Waals surface area contributed by atoms with E-state index in [1.165, 1.54) is 10.9 Å². The molecule has 0 radical (unpaired) electrons. The van der Waals surface area contributed by atoms with E-state index in [2.05, 4.69) is 9.97 Å². The molecule has 0 fully saturated rings. The first-order chi connectivity index (χ1) is 9.20. The Morgan fingerprint density at radius 3 is 2.95 bits per heavy atom. The van der Waals surface area contributed by atoms with Crippen molar-refractivity contribution < 1.29 is 9.53 Å². The lowest BCUT2D eigenvalue weighted by atomic mass is 10.1. The third-order valence-corrected chi connectivity index (χ3v) is 3.22. The van der Waals surface area contributed by atoms with E-state index in [4.69, 9.17) is 4.74 Å². The number of nitrogens with one attached hydrogen (secondary N) is 1. The number of aryl methyl sites for hydroxylation is 1. The normalized spacial score (nSPS) is 10.8. The molecule has 19 heavy (non-hydrogen) atoms. The van der Waals surface area contributed by atoms with Crippen LogP contribution in [0.4, 0.5) is 0 Å². The van der Waals surface area contributed by atoms with Crippen LogP contribution in [-0.4, -0.2) is 27.6 Å². The lowest BCUT2D eigenvalue weighted by Crippen LogP contribution is -2.11. The molecule has 0 unspecified atom stereocenters. The summed E-state index contributed by atoms with van der Waals surface area (Å²) in [5, 5.41) is 0.989. The van der Waals surface area contributed by atoms with Crippen molar-refractivity contribution in [3.8, 4) is 5.75 Å². The van der Waals surface area contributed by atoms with E-state index in [1.54, 1.807) is 19.5 Å². The highest BCUT2D eigenvalue weighted by Crippen LogP contribution is 2.26. The van der Waals surface area contributed by atoms with Crippen molar-refractivity contribution in [3.05, 3.63) is 48.2 Å². The monoisotopic (exact) mass is 255 g/mol. The number of hydrogen-bond donors (Lipinski definition) is 1. The fourth-order valence-corrected chi connectivity index (χ4v) is 2.15. The summed E-state index contributed by atoms with van der Waals surface area (Å²) in [6.45, 7) is 1.92. The summed E-state index contributed by atoms with van der Waals surface area (Å²) < 4.78 is 6.66. The number of hydrogen-bond acceptors (Lipinski definition) is 3. The largest absolute Gasteiger partial charge is 0.497 e. The Hall–Kier alpha value is -2.56. The van der Waals surface area contributed by atoms with Crippen LogP contribution in [0.1, 0.15) is 16.1 Å². The highest BCUT2D eigenvalue weighted by molar-refractivity contribution is 6.02. The molecule has 0 aliphatic rings. The molecule has 5 heteroatoms. The first-order valence-corrected chi connectivity index (χ1v) is 5.89. The van der Waals surface area contributed by atoms with Gasteiger partial charge in [0.15, 0.2) is 0 Å². The molecule has 0 atom stereocenters. The van der Waals surface area contributed by atoms with Crippen LogP contribution in [0.15, 0.2) is 36.9 Å². The van der Waals surface area contributed by atoms with Gasteiger partial charge in [-0.3, -0.25) is 9.36 Å². The average molecular weight is 255 g/mol. The van der Waals surface area contributed by atoms with E-state index in [0.29, 0.717) is 5.69 Å². The zero-order valence-corrected chi connectivity index (χ0v) is 10.7. The zero-order chi connectivity index (χ0) is 13.4. The zero-order valence-electron chi connectivity index (χ0n) is 10.7. The lowest BCUT2D eigenvalue weighted by molar-refractivity contribution is 0.0955. The Labute approximate surface area is 109 Å². The molecule has 0 aliphatic heterocycles. The second kappa shape index (κ2) is 4.28. The minimum Gasteiger partial charge on any atom is -0.497 e. The SMILES string of the molecule is COc1ccc2[nH]c(C(=O)n3ccnc3)c(C)c2c1. The van der Waals surface area contributed by atoms with Gasteiger partial charge >= 0.3 is 0 Å². The van der Waals surface area contributed by atoms with Gasteiger partial charge in [-0.05, 0) is 30.7 Å². The summed E-state index contributed by atoms with van der Waals surface area (Å²) >= 11 is 0. The molecular weight excluding hydrogens is 242 g/mol. The molecule has 2 heterocycles. The molecule has 5 nitrogen and oxygen atoms in total. The number of carbonyl (C=O) groups excluding carboxylic acids is 1. The van der Waals surface area contributed by atoms with E-state index in [0.717, 1.165) is 22.2 Å². The molecule has 0 amide bonds. The van der Waals surface area contributed by atoms with Gasteiger partial charge in [0.2, 0.25) is 0 Å². The van der Waals surface area contributed by atoms with Gasteiger partial charge in [-0.2, -0.15) is 0 Å². The Kier molecular flexibility index (Phi) is 2.59. The molecule has 2 aromatic heterocycles. The second-order valence-electron chi connectivity index (χ2n) is 4.31. The van der Waals surface area contributed by atoms with Gasteiger partial charge < -0.3 is 9.72 Å². The average Bonchev–Trinajstić information content (AvgIpc) is 3.06. The Bertz CT molecular complexity index is 741. The number of rotatable bonds is 2. The number of carbonyl (C=O) groups is 1. The number of fused-ring (bicyclic) bond motifs is 1. The van der Waals surface area contributed by atoms with Crippen molar-refractivity contribution in [2.45, 2.75) is 6.92 Å². The van der Waals surface area contributed by atoms with Gasteiger partial charge in [0.05, 0.1) is 7.11 Å². The Balaban J connectivity index is 2.15. The predicted octanol–water partition coefficient (Wildman–Crippen LogP) is 2.37. The van der Waals surface area contributed by atoms with E-state index in [1.807, 2.05) is 25.1 Å². The molecule has 0 saturated carbocycles. The fraction of sp³-hybridized carbons (Fsp3) is 0.143. The smallest absolute Gasteiger partial charge is 0.279 e. The number of aromatic nitrogens is 3. The topological polar surface area (TPSA) is 59.9 Å². The maximum atomic E-state index is 12.3. The first-order valence-electron chi connectivity index (χ1n) is 5.89. The van der Waals surface area contributed by atoms with Gasteiger partial charge in [-0.25, -0.2) is 4.98 Å². The highest BCUT2D eigenvalue weighted by atomic mass is 16.5. The molecule has 0 bridgehead atoms. The van der Waals surface area contributed by atoms with Crippen molar-refractivity contribution in [3.63, 3.8) is 0 Å². The summed E-state index contributed by atoms with van der Waals surface area (Å²) in [5.74, 6) is 0.654. The summed E-state index contributed by atoms with van der Waals surface area (Å²) in [4.78, 5) is 19.4. The van der Waals surface area contributed by atoms with Crippen molar-refractivity contribution >= 4 is 16.8 Å². The predicted molar refractivity (Wildman–Crippen MR) is 71.5 cm³/mol. The van der Waals surface area contributed by atoms with Crippen molar-refractivity contribution in [1.29, 1.82) is 0 Å². The Morgan fingerprint density at radius 2 is 2.26 bits per heavy atom. The third-order valence-electron chi connectivity index (χ3n) is 3.22. The molecule has 1 N–H and O–H groups in total. The third kappa shape index (κ3) is 1.79. The summed E-state index contributed by atoms with van der Waals surface area (Å²) in [6, 6.07) is 5.70. The number of methoxy groups -OCH3 is 1. The number of aromatic amines is 1. The molecule has 0 spiro atoms. The van der Waals surface area contributed by atoms with Crippen LogP contribution in [0.5, 0.6) is 5.75 Å². The number of benzene rings is 1. The maximum Gasteiger partial charge on any atom is 0.279 e.